The van der Waals surface area contributed by atoms with Crippen LogP contribution in [0.15, 0.2) is 0 Å². The summed E-state index contributed by atoms with van der Waals surface area (Å²) in [6.45, 7) is 12.2. The summed E-state index contributed by atoms with van der Waals surface area (Å²) in [5.74, 6) is -0.333. The number of phosphoric acid groups is 1. The Kier molecular flexibility index (Phi) is 16.6. The molecule has 0 aromatic heterocycles. The summed E-state index contributed by atoms with van der Waals surface area (Å²) in [5, 5.41) is 0. The molecule has 0 bridgehead atoms. The fourth-order valence-electron chi connectivity index (χ4n) is 3.37. The lowest BCUT2D eigenvalue weighted by atomic mass is 9.91. The van der Waals surface area contributed by atoms with Gasteiger partial charge in [0.05, 0.1) is 43.3 Å². The molecule has 0 spiro atoms. The van der Waals surface area contributed by atoms with E-state index in [0.29, 0.717) is 6.42 Å². The van der Waals surface area contributed by atoms with Gasteiger partial charge in [-0.15, -0.1) is 0 Å². The molecule has 0 radical (unpaired) electrons. The summed E-state index contributed by atoms with van der Waals surface area (Å²) >= 11 is 0. The molecule has 0 heterocycles. The van der Waals surface area contributed by atoms with E-state index in [0.717, 1.165) is 6.16 Å². The molecule has 31 heavy (non-hydrogen) atoms. The summed E-state index contributed by atoms with van der Waals surface area (Å²) < 4.78 is 27.8. The number of esters is 1. The molecule has 186 valence electrons. The average molecular weight is 484 g/mol. The molecule has 0 aliphatic rings. The van der Waals surface area contributed by atoms with Crippen molar-refractivity contribution in [2.24, 2.45) is 5.41 Å². The first-order valence-corrected chi connectivity index (χ1v) is 16.2. The topological polar surface area (TPSA) is 82.1 Å². The molecule has 0 saturated carbocycles. The van der Waals surface area contributed by atoms with Gasteiger partial charge >= 0.3 is 13.8 Å². The van der Waals surface area contributed by atoms with Crippen molar-refractivity contribution in [2.45, 2.75) is 92.9 Å². The van der Waals surface area contributed by atoms with Gasteiger partial charge in [0.2, 0.25) is 0 Å². The van der Waals surface area contributed by atoms with Crippen molar-refractivity contribution in [3.8, 4) is 0 Å². The highest BCUT2D eigenvalue weighted by atomic mass is 31.2. The number of rotatable bonds is 20. The van der Waals surface area contributed by atoms with Crippen molar-refractivity contribution in [1.82, 2.24) is 0 Å². The highest BCUT2D eigenvalue weighted by molar-refractivity contribution is 7.75. The fraction of sp³-hybridized carbons (Fsp3) is 0.957. The maximum absolute atomic E-state index is 12.3. The molecular formula is C23H49O6P2+. The molecule has 0 rings (SSSR count). The first kappa shape index (κ1) is 31.0. The normalized spacial score (nSPS) is 14.4. The zero-order valence-electron chi connectivity index (χ0n) is 21.0. The number of unbranched alkanes of at least 4 members (excludes halogenated alkanes) is 4. The van der Waals surface area contributed by atoms with Crippen LogP contribution < -0.4 is 0 Å². The first-order valence-electron chi connectivity index (χ1n) is 12.2. The van der Waals surface area contributed by atoms with Crippen LogP contribution >= 0.6 is 15.1 Å². The van der Waals surface area contributed by atoms with Gasteiger partial charge in [-0.05, 0) is 39.5 Å². The monoisotopic (exact) mass is 483 g/mol. The Labute approximate surface area is 192 Å². The van der Waals surface area contributed by atoms with Gasteiger partial charge in [0.25, 0.3) is 0 Å². The molecular weight excluding hydrogens is 434 g/mol. The second kappa shape index (κ2) is 16.6. The van der Waals surface area contributed by atoms with E-state index in [1.54, 1.807) is 0 Å². The lowest BCUT2D eigenvalue weighted by Crippen LogP contribution is -2.26. The van der Waals surface area contributed by atoms with E-state index in [2.05, 4.69) is 20.8 Å². The lowest BCUT2D eigenvalue weighted by Gasteiger charge is -2.28. The standard InChI is InChI=1S/C23H48O6P2/c1-7-11-14-20-30(18-12-8-2,19-13-9-3)21-17-29-31(25,26)28-16-15-27-22(24)23(5,6)10-4/h7-21H2,1-6H3/p+1. The number of hydrogen-bond acceptors (Lipinski definition) is 5. The highest BCUT2D eigenvalue weighted by Crippen LogP contribution is 2.61. The summed E-state index contributed by atoms with van der Waals surface area (Å²) in [6, 6.07) is 0. The second-order valence-electron chi connectivity index (χ2n) is 9.16. The summed E-state index contributed by atoms with van der Waals surface area (Å²) in [6.07, 6.45) is 13.8. The first-order chi connectivity index (χ1) is 14.6. The van der Waals surface area contributed by atoms with Gasteiger partial charge < -0.3 is 9.63 Å². The lowest BCUT2D eigenvalue weighted by molar-refractivity contribution is -0.155. The number of phosphoric ester groups is 1. The summed E-state index contributed by atoms with van der Waals surface area (Å²) in [7, 11) is -5.34. The van der Waals surface area contributed by atoms with Crippen molar-refractivity contribution in [3.63, 3.8) is 0 Å². The van der Waals surface area contributed by atoms with E-state index < -0.39 is 20.5 Å². The van der Waals surface area contributed by atoms with E-state index in [-0.39, 0.29) is 25.8 Å². The molecule has 0 aliphatic heterocycles. The average Bonchev–Trinajstić information content (AvgIpc) is 2.73. The Morgan fingerprint density at radius 2 is 1.32 bits per heavy atom. The molecule has 1 unspecified atom stereocenters. The quantitative estimate of drug-likeness (QED) is 0.115. The SMILES string of the molecule is CCCCC[P+](CCCC)(CCCC)CCOP(=O)(O)OCCOC(=O)C(C)(C)CC. The van der Waals surface area contributed by atoms with E-state index >= 15 is 0 Å². The third kappa shape index (κ3) is 14.0. The number of carbonyl (C=O) groups excluding carboxylic acids is 1. The van der Waals surface area contributed by atoms with Crippen molar-refractivity contribution in [3.05, 3.63) is 0 Å². The van der Waals surface area contributed by atoms with Crippen LogP contribution in [0.1, 0.15) is 92.9 Å². The molecule has 0 aromatic carbocycles. The summed E-state index contributed by atoms with van der Waals surface area (Å²) in [5.41, 5.74) is -0.568. The van der Waals surface area contributed by atoms with Crippen LogP contribution in [0.3, 0.4) is 0 Å². The molecule has 0 saturated heterocycles. The second-order valence-corrected chi connectivity index (χ2v) is 15.1. The Bertz CT molecular complexity index is 516. The molecule has 0 aromatic rings. The number of hydrogen-bond donors (Lipinski definition) is 1. The molecule has 0 amide bonds. The van der Waals surface area contributed by atoms with Gasteiger partial charge in [0.15, 0.2) is 0 Å². The van der Waals surface area contributed by atoms with E-state index in [4.69, 9.17) is 13.8 Å². The maximum atomic E-state index is 12.3. The summed E-state index contributed by atoms with van der Waals surface area (Å²) in [4.78, 5) is 22.0. The molecule has 1 N–H and O–H groups in total. The molecule has 0 aliphatic carbocycles. The van der Waals surface area contributed by atoms with Crippen LogP contribution in [0.25, 0.3) is 0 Å². The Morgan fingerprint density at radius 1 is 0.806 bits per heavy atom. The van der Waals surface area contributed by atoms with Crippen LogP contribution in [-0.2, 0) is 23.1 Å². The molecule has 1 atom stereocenters. The van der Waals surface area contributed by atoms with Crippen molar-refractivity contribution >= 4 is 21.1 Å². The zero-order chi connectivity index (χ0) is 23.8. The van der Waals surface area contributed by atoms with Crippen LogP contribution in [0, 0.1) is 5.41 Å². The molecule has 0 fully saturated rings. The van der Waals surface area contributed by atoms with Crippen molar-refractivity contribution < 1.29 is 28.0 Å². The van der Waals surface area contributed by atoms with Crippen LogP contribution in [-0.4, -0.2) is 55.3 Å². The van der Waals surface area contributed by atoms with Gasteiger partial charge in [0.1, 0.15) is 6.61 Å². The van der Waals surface area contributed by atoms with Gasteiger partial charge in [0, 0.05) is 7.26 Å². The number of ether oxygens (including phenoxy) is 1. The Morgan fingerprint density at radius 3 is 1.84 bits per heavy atom. The Hall–Kier alpha value is 0.0100. The molecule has 6 nitrogen and oxygen atoms in total. The molecule has 8 heteroatoms. The minimum atomic E-state index is -4.14. The van der Waals surface area contributed by atoms with Gasteiger partial charge in [-0.25, -0.2) is 4.57 Å². The zero-order valence-corrected chi connectivity index (χ0v) is 22.8. The third-order valence-electron chi connectivity index (χ3n) is 6.04. The highest BCUT2D eigenvalue weighted by Gasteiger charge is 2.36. The smallest absolute Gasteiger partial charge is 0.463 e. The van der Waals surface area contributed by atoms with Crippen LogP contribution in [0.2, 0.25) is 0 Å². The van der Waals surface area contributed by atoms with Crippen LogP contribution in [0.5, 0.6) is 0 Å². The Balaban J connectivity index is 4.65. The van der Waals surface area contributed by atoms with E-state index in [1.807, 2.05) is 20.8 Å². The predicted molar refractivity (Wildman–Crippen MR) is 132 cm³/mol. The van der Waals surface area contributed by atoms with Crippen molar-refractivity contribution in [1.29, 1.82) is 0 Å². The van der Waals surface area contributed by atoms with Crippen molar-refractivity contribution in [2.75, 3.05) is 44.5 Å². The minimum absolute atomic E-state index is 0.0584. The predicted octanol–water partition coefficient (Wildman–Crippen LogP) is 6.91. The maximum Gasteiger partial charge on any atom is 0.472 e. The largest absolute Gasteiger partial charge is 0.472 e. The number of carbonyl (C=O) groups is 1. The van der Waals surface area contributed by atoms with E-state index in [1.165, 1.54) is 63.4 Å². The fourth-order valence-corrected chi connectivity index (χ4v) is 8.90. The van der Waals surface area contributed by atoms with Gasteiger partial charge in [-0.3, -0.25) is 13.8 Å². The van der Waals surface area contributed by atoms with Gasteiger partial charge in [-0.1, -0.05) is 53.4 Å². The van der Waals surface area contributed by atoms with Crippen LogP contribution in [0.4, 0.5) is 0 Å². The van der Waals surface area contributed by atoms with Gasteiger partial charge in [-0.2, -0.15) is 0 Å². The van der Waals surface area contributed by atoms with E-state index in [9.17, 15) is 14.3 Å². The third-order valence-corrected chi connectivity index (χ3v) is 12.0. The minimum Gasteiger partial charge on any atom is -0.463 e.